The summed E-state index contributed by atoms with van der Waals surface area (Å²) in [6, 6.07) is 17.9. The maximum atomic E-state index is 13.0. The van der Waals surface area contributed by atoms with Gasteiger partial charge in [-0.25, -0.2) is 14.2 Å². The second kappa shape index (κ2) is 8.43. The van der Waals surface area contributed by atoms with Crippen molar-refractivity contribution in [3.8, 4) is 11.1 Å². The molecule has 0 aliphatic carbocycles. The quantitative estimate of drug-likeness (QED) is 0.456. The standard InChI is InChI=1S/C24H21N3O5/c1-2-32-23(30)19-17-13-16(14-9-5-3-6-10-14)18(22(28)29)21(25)27(17)24(31)26-20(19)15-11-7-4-8-12-15/h3-13,20,25,30H,2H2,1H3,(H,26,31)(H,28,29)/b23-19-,25-21?. The lowest BCUT2D eigenvalue weighted by atomic mass is 9.91. The summed E-state index contributed by atoms with van der Waals surface area (Å²) in [5, 5.41) is 31.9. The number of carbonyl (C=O) groups is 2. The number of aromatic nitrogens is 1. The number of ether oxygens (including phenoxy) is 1. The Balaban J connectivity index is 2.08. The zero-order valence-electron chi connectivity index (χ0n) is 17.2. The smallest absolute Gasteiger partial charge is 0.340 e. The van der Waals surface area contributed by atoms with Gasteiger partial charge < -0.3 is 20.3 Å². The number of benzene rings is 2. The van der Waals surface area contributed by atoms with Crippen LogP contribution >= 0.6 is 0 Å². The molecule has 0 bridgehead atoms. The van der Waals surface area contributed by atoms with Crippen molar-refractivity contribution in [2.24, 2.45) is 0 Å². The van der Waals surface area contributed by atoms with Crippen LogP contribution in [-0.4, -0.2) is 33.4 Å². The molecule has 32 heavy (non-hydrogen) atoms. The molecule has 162 valence electrons. The number of fused-ring (bicyclic) bond motifs is 1. The minimum absolute atomic E-state index is 0.178. The number of nitrogens with zero attached hydrogens (tertiary/aromatic N) is 1. The van der Waals surface area contributed by atoms with E-state index in [-0.39, 0.29) is 29.0 Å². The number of carboxylic acids is 1. The number of pyridine rings is 1. The molecule has 1 aliphatic rings. The SMILES string of the molecule is CCO/C(O)=C1/c2cc(-c3ccccc3)c(C(=O)O)c(=N)n2C(=O)NC1c1ccccc1. The predicted molar refractivity (Wildman–Crippen MR) is 117 cm³/mol. The van der Waals surface area contributed by atoms with Crippen LogP contribution in [-0.2, 0) is 4.74 Å². The lowest BCUT2D eigenvalue weighted by molar-refractivity contribution is 0.0695. The average molecular weight is 431 g/mol. The molecule has 0 radical (unpaired) electrons. The Hall–Kier alpha value is -4.33. The van der Waals surface area contributed by atoms with Crippen LogP contribution in [0.25, 0.3) is 16.7 Å². The van der Waals surface area contributed by atoms with Crippen LogP contribution < -0.4 is 10.8 Å². The number of rotatable bonds is 5. The molecule has 3 aromatic rings. The third kappa shape index (κ3) is 3.51. The van der Waals surface area contributed by atoms with Crippen molar-refractivity contribution in [1.29, 1.82) is 5.41 Å². The van der Waals surface area contributed by atoms with Crippen molar-refractivity contribution in [2.75, 3.05) is 6.61 Å². The predicted octanol–water partition coefficient (Wildman–Crippen LogP) is 3.91. The van der Waals surface area contributed by atoms with Crippen LogP contribution in [0.2, 0.25) is 0 Å². The van der Waals surface area contributed by atoms with Crippen LogP contribution in [0.5, 0.6) is 0 Å². The maximum absolute atomic E-state index is 13.0. The number of aromatic carboxylic acids is 1. The largest absolute Gasteiger partial charge is 0.481 e. The van der Waals surface area contributed by atoms with Gasteiger partial charge in [0.25, 0.3) is 5.95 Å². The minimum Gasteiger partial charge on any atom is -0.481 e. The first-order valence-electron chi connectivity index (χ1n) is 9.99. The third-order valence-corrected chi connectivity index (χ3v) is 5.23. The van der Waals surface area contributed by atoms with Gasteiger partial charge in [0.2, 0.25) is 0 Å². The summed E-state index contributed by atoms with van der Waals surface area (Å²) in [5.74, 6) is -1.74. The molecular weight excluding hydrogens is 410 g/mol. The second-order valence-electron chi connectivity index (χ2n) is 7.12. The van der Waals surface area contributed by atoms with Gasteiger partial charge in [-0.1, -0.05) is 60.7 Å². The first kappa shape index (κ1) is 20.9. The molecule has 1 atom stereocenters. The van der Waals surface area contributed by atoms with Crippen LogP contribution in [0.1, 0.15) is 34.6 Å². The molecule has 1 unspecified atom stereocenters. The number of hydrogen-bond acceptors (Lipinski definition) is 5. The Kier molecular flexibility index (Phi) is 5.51. The van der Waals surface area contributed by atoms with Crippen molar-refractivity contribution in [1.82, 2.24) is 9.88 Å². The second-order valence-corrected chi connectivity index (χ2v) is 7.12. The Morgan fingerprint density at radius 1 is 1.09 bits per heavy atom. The molecule has 4 rings (SSSR count). The molecule has 8 nitrogen and oxygen atoms in total. The third-order valence-electron chi connectivity index (χ3n) is 5.23. The number of aliphatic hydroxyl groups excluding tert-OH is 1. The Labute approximate surface area is 183 Å². The van der Waals surface area contributed by atoms with E-state index in [1.807, 2.05) is 6.07 Å². The monoisotopic (exact) mass is 431 g/mol. The molecule has 1 aromatic heterocycles. The van der Waals surface area contributed by atoms with Crippen molar-refractivity contribution < 1.29 is 24.5 Å². The van der Waals surface area contributed by atoms with Gasteiger partial charge in [0.1, 0.15) is 11.1 Å². The highest BCUT2D eigenvalue weighted by atomic mass is 16.6. The van der Waals surface area contributed by atoms with Gasteiger partial charge in [0.15, 0.2) is 0 Å². The number of hydrogen-bond donors (Lipinski definition) is 4. The summed E-state index contributed by atoms with van der Waals surface area (Å²) in [5.41, 5.74) is 1.13. The molecule has 1 amide bonds. The molecule has 2 aromatic carbocycles. The fourth-order valence-electron chi connectivity index (χ4n) is 3.86. The first-order valence-corrected chi connectivity index (χ1v) is 9.99. The molecule has 1 aliphatic heterocycles. The van der Waals surface area contributed by atoms with E-state index in [2.05, 4.69) is 5.32 Å². The number of amides is 1. The number of nitrogens with one attached hydrogen (secondary N) is 2. The number of aliphatic hydroxyl groups is 1. The summed E-state index contributed by atoms with van der Waals surface area (Å²) >= 11 is 0. The lowest BCUT2D eigenvalue weighted by Gasteiger charge is -2.31. The van der Waals surface area contributed by atoms with E-state index in [0.717, 1.165) is 4.57 Å². The summed E-state index contributed by atoms with van der Waals surface area (Å²) < 4.78 is 6.33. The van der Waals surface area contributed by atoms with Gasteiger partial charge in [-0.3, -0.25) is 5.41 Å². The van der Waals surface area contributed by atoms with Crippen molar-refractivity contribution in [2.45, 2.75) is 13.0 Å². The van der Waals surface area contributed by atoms with E-state index in [1.165, 1.54) is 6.07 Å². The van der Waals surface area contributed by atoms with Crippen molar-refractivity contribution in [3.63, 3.8) is 0 Å². The highest BCUT2D eigenvalue weighted by molar-refractivity contribution is 5.99. The Morgan fingerprint density at radius 3 is 2.31 bits per heavy atom. The van der Waals surface area contributed by atoms with Crippen LogP contribution in [0.3, 0.4) is 0 Å². The van der Waals surface area contributed by atoms with E-state index >= 15 is 0 Å². The van der Waals surface area contributed by atoms with E-state index in [0.29, 0.717) is 11.1 Å². The van der Waals surface area contributed by atoms with E-state index in [9.17, 15) is 19.8 Å². The highest BCUT2D eigenvalue weighted by Crippen LogP contribution is 2.37. The minimum atomic E-state index is -1.33. The first-order chi connectivity index (χ1) is 15.4. The van der Waals surface area contributed by atoms with Crippen molar-refractivity contribution >= 4 is 17.6 Å². The average Bonchev–Trinajstić information content (AvgIpc) is 2.79. The zero-order valence-corrected chi connectivity index (χ0v) is 17.2. The van der Waals surface area contributed by atoms with Crippen LogP contribution in [0.4, 0.5) is 4.79 Å². The van der Waals surface area contributed by atoms with Crippen LogP contribution in [0.15, 0.2) is 72.7 Å². The number of carboxylic acid groups (broad SMARTS) is 1. The normalized spacial score (nSPS) is 16.7. The zero-order chi connectivity index (χ0) is 22.8. The number of carbonyl (C=O) groups excluding carboxylic acids is 1. The fraction of sp³-hybridized carbons (Fsp3) is 0.125. The molecule has 0 saturated carbocycles. The molecule has 0 fully saturated rings. The van der Waals surface area contributed by atoms with Crippen LogP contribution in [0, 0.1) is 5.41 Å². The molecule has 0 spiro atoms. The highest BCUT2D eigenvalue weighted by Gasteiger charge is 2.36. The van der Waals surface area contributed by atoms with Gasteiger partial charge in [-0.15, -0.1) is 0 Å². The van der Waals surface area contributed by atoms with Crippen molar-refractivity contribution in [3.05, 3.63) is 95.0 Å². The van der Waals surface area contributed by atoms with Gasteiger partial charge in [-0.05, 0) is 24.1 Å². The molecule has 8 heteroatoms. The summed E-state index contributed by atoms with van der Waals surface area (Å²) in [6.07, 6.45) is 0. The fourth-order valence-corrected chi connectivity index (χ4v) is 3.86. The van der Waals surface area contributed by atoms with E-state index in [1.54, 1.807) is 61.5 Å². The topological polar surface area (TPSA) is 125 Å². The van der Waals surface area contributed by atoms with Gasteiger partial charge in [0, 0.05) is 5.56 Å². The maximum Gasteiger partial charge on any atom is 0.340 e. The summed E-state index contributed by atoms with van der Waals surface area (Å²) in [7, 11) is 0. The molecule has 2 heterocycles. The summed E-state index contributed by atoms with van der Waals surface area (Å²) in [4.78, 5) is 25.1. The Morgan fingerprint density at radius 2 is 1.72 bits per heavy atom. The molecular formula is C24H21N3O5. The summed E-state index contributed by atoms with van der Waals surface area (Å²) in [6.45, 7) is 1.89. The lowest BCUT2D eigenvalue weighted by Crippen LogP contribution is -2.46. The van der Waals surface area contributed by atoms with E-state index < -0.39 is 29.5 Å². The van der Waals surface area contributed by atoms with Gasteiger partial charge in [-0.2, -0.15) is 0 Å². The van der Waals surface area contributed by atoms with Gasteiger partial charge >= 0.3 is 12.0 Å². The van der Waals surface area contributed by atoms with Gasteiger partial charge in [0.05, 0.1) is 23.9 Å². The van der Waals surface area contributed by atoms with E-state index in [4.69, 9.17) is 10.1 Å². The molecule has 0 saturated heterocycles. The Bertz CT molecular complexity index is 1280. The molecule has 4 N–H and O–H groups in total.